The smallest absolute Gasteiger partial charge is 0.417 e. The normalized spacial score (nSPS) is 16.9. The molecule has 2 aromatic rings. The fraction of sp³-hybridized carbons (Fsp3) is 0.500. The molecule has 0 heterocycles. The van der Waals surface area contributed by atoms with Crippen LogP contribution in [0, 0.1) is 24.2 Å². The van der Waals surface area contributed by atoms with Crippen molar-refractivity contribution in [1.29, 1.82) is 5.26 Å². The molecule has 1 aliphatic rings. The molecule has 1 saturated carbocycles. The van der Waals surface area contributed by atoms with Crippen LogP contribution in [0.3, 0.4) is 0 Å². The molecule has 0 N–H and O–H groups in total. The van der Waals surface area contributed by atoms with Gasteiger partial charge in [0.2, 0.25) is 0 Å². The van der Waals surface area contributed by atoms with Crippen molar-refractivity contribution in [2.45, 2.75) is 105 Å². The van der Waals surface area contributed by atoms with Crippen LogP contribution in [0.5, 0.6) is 0 Å². The molecule has 0 radical (unpaired) electrons. The minimum atomic E-state index is -4.45. The number of hydrogen-bond acceptors (Lipinski definition) is 3. The maximum absolute atomic E-state index is 12.4. The molecule has 0 amide bonds. The number of hydrogen-bond donors (Lipinski definition) is 0. The lowest BCUT2D eigenvalue weighted by Crippen LogP contribution is -2.24. The summed E-state index contributed by atoms with van der Waals surface area (Å²) in [7, 11) is 0. The summed E-state index contributed by atoms with van der Waals surface area (Å²) >= 11 is 0. The summed E-state index contributed by atoms with van der Waals surface area (Å²) in [5.74, 6) is 1.67. The molecule has 0 aromatic heterocycles. The van der Waals surface area contributed by atoms with Crippen molar-refractivity contribution in [1.82, 2.24) is 4.90 Å². The average molecular weight is 665 g/mol. The number of alkyl halides is 6. The number of nitriles is 1. The van der Waals surface area contributed by atoms with Crippen molar-refractivity contribution in [2.75, 3.05) is 13.1 Å². The highest BCUT2D eigenvalue weighted by atomic mass is 19.4. The van der Waals surface area contributed by atoms with Gasteiger partial charge in [-0.3, -0.25) is 4.90 Å². The largest absolute Gasteiger partial charge is 0.491 e. The molecule has 2 aromatic carbocycles. The van der Waals surface area contributed by atoms with Crippen molar-refractivity contribution in [3.8, 4) is 6.07 Å². The third-order valence-corrected chi connectivity index (χ3v) is 7.47. The predicted molar refractivity (Wildman–Crippen MR) is 178 cm³/mol. The van der Waals surface area contributed by atoms with Crippen LogP contribution in [0.25, 0.3) is 0 Å². The van der Waals surface area contributed by atoms with E-state index in [0.717, 1.165) is 67.9 Å². The summed E-state index contributed by atoms with van der Waals surface area (Å²) < 4.78 is 79.9. The Morgan fingerprint density at radius 1 is 0.957 bits per heavy atom. The van der Waals surface area contributed by atoms with E-state index in [1.54, 1.807) is 19.1 Å². The fourth-order valence-electron chi connectivity index (χ4n) is 5.11. The molecule has 260 valence electrons. The van der Waals surface area contributed by atoms with Crippen molar-refractivity contribution < 1.29 is 31.1 Å². The quantitative estimate of drug-likeness (QED) is 0.144. The average Bonchev–Trinajstić information content (AvgIpc) is 2.99. The second-order valence-corrected chi connectivity index (χ2v) is 12.0. The first kappa shape index (κ1) is 41.5. The highest BCUT2D eigenvalue weighted by molar-refractivity contribution is 5.41. The Balaban J connectivity index is 0.000000357. The molecule has 0 saturated heterocycles. The van der Waals surface area contributed by atoms with Crippen LogP contribution in [0.4, 0.5) is 26.3 Å². The first-order valence-electron chi connectivity index (χ1n) is 16.2. The Morgan fingerprint density at radius 3 is 2.00 bits per heavy atom. The second kappa shape index (κ2) is 20.7. The molecule has 1 fully saturated rings. The van der Waals surface area contributed by atoms with E-state index in [-0.39, 0.29) is 5.56 Å². The molecule has 0 bridgehead atoms. The van der Waals surface area contributed by atoms with Gasteiger partial charge in [0.1, 0.15) is 5.76 Å². The standard InChI is InChI=1S/C15H24O.C14H20F3N.C9H6F3N/c1-5-6-13(3)11-14(4)16-15-9-7-12(2)8-10-15;1-3-9-18(10-4-2)11-12-5-7-13(8-6-12)14(15,16)17;1-6-2-3-7(5-13)8(4-6)9(10,11)12/h5-6,11-12,15H,4,7-10H2,1-3H3;5-8H,3-4,9-11H2,1-2H3;2-4H,1H3/b6-5-,13-11-;;. The molecule has 0 spiro atoms. The maximum Gasteiger partial charge on any atom is 0.417 e. The van der Waals surface area contributed by atoms with Crippen LogP contribution in [0.2, 0.25) is 0 Å². The number of rotatable bonds is 10. The van der Waals surface area contributed by atoms with Crippen LogP contribution in [-0.2, 0) is 23.6 Å². The zero-order valence-electron chi connectivity index (χ0n) is 28.6. The van der Waals surface area contributed by atoms with Gasteiger partial charge in [0.05, 0.1) is 28.9 Å². The number of nitrogens with zero attached hydrogens (tertiary/aromatic N) is 2. The van der Waals surface area contributed by atoms with Gasteiger partial charge in [-0.15, -0.1) is 0 Å². The molecular weight excluding hydrogens is 614 g/mol. The summed E-state index contributed by atoms with van der Waals surface area (Å²) in [5, 5.41) is 8.42. The van der Waals surface area contributed by atoms with Crippen LogP contribution >= 0.6 is 0 Å². The molecule has 3 rings (SSSR count). The molecule has 0 aliphatic heterocycles. The lowest BCUT2D eigenvalue weighted by atomic mass is 9.89. The van der Waals surface area contributed by atoms with E-state index in [2.05, 4.69) is 45.2 Å². The van der Waals surface area contributed by atoms with Gasteiger partial charge in [0, 0.05) is 6.54 Å². The van der Waals surface area contributed by atoms with Crippen molar-refractivity contribution in [3.05, 3.63) is 106 Å². The highest BCUT2D eigenvalue weighted by Crippen LogP contribution is 2.32. The minimum Gasteiger partial charge on any atom is -0.491 e. The second-order valence-electron chi connectivity index (χ2n) is 12.0. The Labute approximate surface area is 277 Å². The van der Waals surface area contributed by atoms with Gasteiger partial charge >= 0.3 is 12.4 Å². The van der Waals surface area contributed by atoms with E-state index >= 15 is 0 Å². The molecule has 9 heteroatoms. The van der Waals surface area contributed by atoms with Gasteiger partial charge in [-0.2, -0.15) is 31.6 Å². The summed E-state index contributed by atoms with van der Waals surface area (Å²) in [4.78, 5) is 2.27. The molecule has 0 unspecified atom stereocenters. The number of ether oxygens (including phenoxy) is 1. The highest BCUT2D eigenvalue weighted by Gasteiger charge is 2.33. The van der Waals surface area contributed by atoms with Crippen LogP contribution in [-0.4, -0.2) is 24.1 Å². The number of allylic oxidation sites excluding steroid dienone is 4. The van der Waals surface area contributed by atoms with E-state index in [0.29, 0.717) is 11.7 Å². The SMILES string of the molecule is C=C(/C=C(C)\C=C/C)OC1CCC(C)CC1.CCCN(CCC)Cc1ccc(C(F)(F)F)cc1.Cc1ccc(C#N)c(C(F)(F)F)c1. The zero-order valence-corrected chi connectivity index (χ0v) is 28.6. The maximum atomic E-state index is 12.4. The predicted octanol–water partition coefficient (Wildman–Crippen LogP) is 11.8. The van der Waals surface area contributed by atoms with Crippen LogP contribution < -0.4 is 0 Å². The molecule has 1 aliphatic carbocycles. The molecule has 3 nitrogen and oxygen atoms in total. The first-order valence-corrected chi connectivity index (χ1v) is 16.2. The fourth-order valence-corrected chi connectivity index (χ4v) is 5.11. The number of benzene rings is 2. The van der Waals surface area contributed by atoms with E-state index in [1.807, 2.05) is 19.1 Å². The lowest BCUT2D eigenvalue weighted by molar-refractivity contribution is -0.138. The molecule has 0 atom stereocenters. The molecular formula is C38H50F6N2O. The van der Waals surface area contributed by atoms with Crippen molar-refractivity contribution in [2.24, 2.45) is 5.92 Å². The van der Waals surface area contributed by atoms with Gasteiger partial charge in [-0.1, -0.05) is 63.3 Å². The van der Waals surface area contributed by atoms with Gasteiger partial charge in [-0.25, -0.2) is 0 Å². The summed E-state index contributed by atoms with van der Waals surface area (Å²) in [6.07, 6.45) is 4.84. The Bertz CT molecular complexity index is 1310. The van der Waals surface area contributed by atoms with Gasteiger partial charge in [0.15, 0.2) is 0 Å². The van der Waals surface area contributed by atoms with Crippen LogP contribution in [0.1, 0.15) is 101 Å². The summed E-state index contributed by atoms with van der Waals surface area (Å²) in [6, 6.07) is 10.6. The lowest BCUT2D eigenvalue weighted by Gasteiger charge is -2.27. The van der Waals surface area contributed by atoms with Crippen LogP contribution in [0.15, 0.2) is 78.6 Å². The van der Waals surface area contributed by atoms with Gasteiger partial charge < -0.3 is 4.74 Å². The zero-order chi connectivity index (χ0) is 35.6. The van der Waals surface area contributed by atoms with E-state index in [9.17, 15) is 26.3 Å². The Hall–Kier alpha value is -3.51. The van der Waals surface area contributed by atoms with Crippen molar-refractivity contribution >= 4 is 0 Å². The third-order valence-electron chi connectivity index (χ3n) is 7.47. The molecule has 47 heavy (non-hydrogen) atoms. The summed E-state index contributed by atoms with van der Waals surface area (Å²) in [6.45, 7) is 18.8. The van der Waals surface area contributed by atoms with Crippen molar-refractivity contribution in [3.63, 3.8) is 0 Å². The van der Waals surface area contributed by atoms with E-state index < -0.39 is 23.5 Å². The Kier molecular flexibility index (Phi) is 18.3. The van der Waals surface area contributed by atoms with E-state index in [4.69, 9.17) is 10.00 Å². The number of aryl methyl sites for hydroxylation is 1. The topological polar surface area (TPSA) is 36.3 Å². The summed E-state index contributed by atoms with van der Waals surface area (Å²) in [5.41, 5.74) is 0.838. The van der Waals surface area contributed by atoms with Gasteiger partial charge in [-0.05, 0) is 120 Å². The first-order chi connectivity index (χ1) is 22.0. The Morgan fingerprint density at radius 2 is 1.53 bits per heavy atom. The third kappa shape index (κ3) is 16.7. The number of halogens is 6. The minimum absolute atomic E-state index is 0.335. The van der Waals surface area contributed by atoms with E-state index in [1.165, 1.54) is 49.5 Å². The monoisotopic (exact) mass is 664 g/mol. The van der Waals surface area contributed by atoms with Gasteiger partial charge in [0.25, 0.3) is 0 Å².